The van der Waals surface area contributed by atoms with Crippen LogP contribution in [0.3, 0.4) is 0 Å². The lowest BCUT2D eigenvalue weighted by atomic mass is 9.82. The first-order chi connectivity index (χ1) is 7.16. The molecule has 15 heavy (non-hydrogen) atoms. The number of carbonyl (C=O) groups excluding carboxylic acids is 1. The minimum atomic E-state index is -0.0353. The Morgan fingerprint density at radius 3 is 2.93 bits per heavy atom. The number of hydrogen-bond acceptors (Lipinski definition) is 2. The van der Waals surface area contributed by atoms with Gasteiger partial charge in [0.2, 0.25) is 0 Å². The molecule has 1 aromatic rings. The summed E-state index contributed by atoms with van der Waals surface area (Å²) in [7, 11) is 0. The quantitative estimate of drug-likeness (QED) is 0.837. The number of nitrogens with one attached hydrogen (secondary N) is 1. The summed E-state index contributed by atoms with van der Waals surface area (Å²) in [6.07, 6.45) is 3.83. The Kier molecular flexibility index (Phi) is 3.05. The molecule has 0 spiro atoms. The van der Waals surface area contributed by atoms with Crippen LogP contribution in [0.5, 0.6) is 0 Å². The van der Waals surface area contributed by atoms with Crippen molar-refractivity contribution in [1.82, 2.24) is 10.3 Å². The van der Waals surface area contributed by atoms with E-state index in [1.54, 1.807) is 18.3 Å². The second kappa shape index (κ2) is 4.31. The van der Waals surface area contributed by atoms with Gasteiger partial charge in [-0.2, -0.15) is 0 Å². The largest absolute Gasteiger partial charge is 0.349 e. The van der Waals surface area contributed by atoms with Gasteiger partial charge < -0.3 is 5.32 Å². The number of rotatable bonds is 2. The van der Waals surface area contributed by atoms with E-state index in [2.05, 4.69) is 33.2 Å². The lowest BCUT2D eigenvalue weighted by Gasteiger charge is -2.33. The number of carbonyl (C=O) groups is 1. The third-order valence-corrected chi connectivity index (χ3v) is 3.34. The van der Waals surface area contributed by atoms with Crippen LogP contribution in [0.1, 0.15) is 30.1 Å². The van der Waals surface area contributed by atoms with E-state index in [1.165, 1.54) is 0 Å². The molecule has 0 radical (unpaired) electrons. The van der Waals surface area contributed by atoms with E-state index in [1.807, 2.05) is 0 Å². The summed E-state index contributed by atoms with van der Waals surface area (Å²) in [5.41, 5.74) is 0.608. The van der Waals surface area contributed by atoms with Gasteiger partial charge in [-0.25, -0.2) is 4.98 Å². The van der Waals surface area contributed by atoms with E-state index in [4.69, 9.17) is 0 Å². The molecule has 80 valence electrons. The van der Waals surface area contributed by atoms with Crippen molar-refractivity contribution < 1.29 is 4.79 Å². The molecule has 0 aliphatic heterocycles. The average molecular weight is 269 g/mol. The van der Waals surface area contributed by atoms with Crippen molar-refractivity contribution in [3.05, 3.63) is 28.5 Å². The summed E-state index contributed by atoms with van der Waals surface area (Å²) in [5, 5.41) is 2.99. The number of hydrogen-bond donors (Lipinski definition) is 1. The summed E-state index contributed by atoms with van der Waals surface area (Å²) >= 11 is 3.27. The third-order valence-electron chi connectivity index (χ3n) is 2.71. The maximum atomic E-state index is 11.8. The number of amides is 1. The Labute approximate surface area is 97.4 Å². The van der Waals surface area contributed by atoms with E-state index in [0.717, 1.165) is 18.8 Å². The van der Waals surface area contributed by atoms with Gasteiger partial charge in [0, 0.05) is 12.2 Å². The summed E-state index contributed by atoms with van der Waals surface area (Å²) in [6.45, 7) is 2.20. The van der Waals surface area contributed by atoms with E-state index in [-0.39, 0.29) is 5.91 Å². The highest BCUT2D eigenvalue weighted by atomic mass is 79.9. The highest BCUT2D eigenvalue weighted by Crippen LogP contribution is 2.26. The highest BCUT2D eigenvalue weighted by molar-refractivity contribution is 9.10. The molecule has 1 aromatic heterocycles. The Bertz CT molecular complexity index is 375. The fourth-order valence-corrected chi connectivity index (χ4v) is 2.27. The molecule has 0 unspecified atom stereocenters. The van der Waals surface area contributed by atoms with Gasteiger partial charge in [0.05, 0.1) is 5.56 Å². The summed E-state index contributed by atoms with van der Waals surface area (Å²) in [5.74, 6) is 0.708. The number of pyridine rings is 1. The molecule has 1 aliphatic carbocycles. The van der Waals surface area contributed by atoms with Crippen LogP contribution < -0.4 is 5.32 Å². The second-order valence-electron chi connectivity index (χ2n) is 4.09. The van der Waals surface area contributed by atoms with Crippen LogP contribution in [-0.4, -0.2) is 16.9 Å². The zero-order valence-corrected chi connectivity index (χ0v) is 10.1. The molecule has 1 saturated carbocycles. The molecule has 4 heteroatoms. The molecule has 0 bridgehead atoms. The SMILES string of the molecule is CC1CC(NC(=O)c2cccnc2Br)C1. The van der Waals surface area contributed by atoms with Gasteiger partial charge in [0.25, 0.3) is 5.91 Å². The molecule has 1 heterocycles. The fraction of sp³-hybridized carbons (Fsp3) is 0.455. The zero-order chi connectivity index (χ0) is 10.8. The van der Waals surface area contributed by atoms with Crippen molar-refractivity contribution in [3.8, 4) is 0 Å². The van der Waals surface area contributed by atoms with Crippen molar-refractivity contribution in [1.29, 1.82) is 0 Å². The summed E-state index contributed by atoms with van der Waals surface area (Å²) in [4.78, 5) is 15.8. The molecule has 1 N–H and O–H groups in total. The minimum Gasteiger partial charge on any atom is -0.349 e. The Hall–Kier alpha value is -0.900. The van der Waals surface area contributed by atoms with Crippen molar-refractivity contribution in [2.24, 2.45) is 5.92 Å². The summed E-state index contributed by atoms with van der Waals surface area (Å²) < 4.78 is 0.606. The monoisotopic (exact) mass is 268 g/mol. The van der Waals surface area contributed by atoms with Crippen LogP contribution in [-0.2, 0) is 0 Å². The zero-order valence-electron chi connectivity index (χ0n) is 8.53. The molecule has 0 aromatic carbocycles. The van der Waals surface area contributed by atoms with E-state index >= 15 is 0 Å². The first kappa shape index (κ1) is 10.6. The number of nitrogens with zero attached hydrogens (tertiary/aromatic N) is 1. The van der Waals surface area contributed by atoms with Crippen LogP contribution in [0.2, 0.25) is 0 Å². The average Bonchev–Trinajstić information content (AvgIpc) is 2.16. The van der Waals surface area contributed by atoms with Gasteiger partial charge in [-0.15, -0.1) is 0 Å². The topological polar surface area (TPSA) is 42.0 Å². The molecular weight excluding hydrogens is 256 g/mol. The highest BCUT2D eigenvalue weighted by Gasteiger charge is 2.27. The van der Waals surface area contributed by atoms with Gasteiger partial charge in [0.1, 0.15) is 4.60 Å². The Morgan fingerprint density at radius 2 is 2.33 bits per heavy atom. The van der Waals surface area contributed by atoms with Crippen molar-refractivity contribution in [3.63, 3.8) is 0 Å². The lowest BCUT2D eigenvalue weighted by Crippen LogP contribution is -2.43. The molecule has 1 aliphatic rings. The smallest absolute Gasteiger partial charge is 0.254 e. The van der Waals surface area contributed by atoms with E-state index in [0.29, 0.717) is 16.2 Å². The predicted octanol–water partition coefficient (Wildman–Crippen LogP) is 2.37. The van der Waals surface area contributed by atoms with E-state index < -0.39 is 0 Å². The van der Waals surface area contributed by atoms with Crippen LogP contribution in [0.15, 0.2) is 22.9 Å². The van der Waals surface area contributed by atoms with Gasteiger partial charge in [-0.1, -0.05) is 6.92 Å². The van der Waals surface area contributed by atoms with Gasteiger partial charge >= 0.3 is 0 Å². The van der Waals surface area contributed by atoms with Gasteiger partial charge in [-0.05, 0) is 46.8 Å². The van der Waals surface area contributed by atoms with Crippen LogP contribution >= 0.6 is 15.9 Å². The standard InChI is InChI=1S/C11H13BrN2O/c1-7-5-8(6-7)14-11(15)9-3-2-4-13-10(9)12/h2-4,7-8H,5-6H2,1H3,(H,14,15). The molecule has 0 atom stereocenters. The van der Waals surface area contributed by atoms with Crippen LogP contribution in [0.25, 0.3) is 0 Å². The minimum absolute atomic E-state index is 0.0353. The van der Waals surface area contributed by atoms with Crippen molar-refractivity contribution >= 4 is 21.8 Å². The molecular formula is C11H13BrN2O. The van der Waals surface area contributed by atoms with Crippen LogP contribution in [0.4, 0.5) is 0 Å². The van der Waals surface area contributed by atoms with Gasteiger partial charge in [-0.3, -0.25) is 4.79 Å². The molecule has 1 fully saturated rings. The Balaban J connectivity index is 1.99. The maximum absolute atomic E-state index is 11.8. The van der Waals surface area contributed by atoms with Gasteiger partial charge in [0.15, 0.2) is 0 Å². The second-order valence-corrected chi connectivity index (χ2v) is 4.84. The van der Waals surface area contributed by atoms with Crippen molar-refractivity contribution in [2.75, 3.05) is 0 Å². The first-order valence-electron chi connectivity index (χ1n) is 5.08. The normalized spacial score (nSPS) is 24.4. The molecule has 2 rings (SSSR count). The maximum Gasteiger partial charge on any atom is 0.254 e. The fourth-order valence-electron chi connectivity index (χ4n) is 1.84. The van der Waals surface area contributed by atoms with Crippen molar-refractivity contribution in [2.45, 2.75) is 25.8 Å². The molecule has 0 saturated heterocycles. The number of aromatic nitrogens is 1. The van der Waals surface area contributed by atoms with E-state index in [9.17, 15) is 4.79 Å². The molecule has 3 nitrogen and oxygen atoms in total. The first-order valence-corrected chi connectivity index (χ1v) is 5.87. The lowest BCUT2D eigenvalue weighted by molar-refractivity contribution is 0.0895. The Morgan fingerprint density at radius 1 is 1.60 bits per heavy atom. The molecule has 1 amide bonds. The van der Waals surface area contributed by atoms with Crippen LogP contribution in [0, 0.1) is 5.92 Å². The third kappa shape index (κ3) is 2.37. The summed E-state index contributed by atoms with van der Waals surface area (Å²) in [6, 6.07) is 3.89. The number of halogens is 1. The predicted molar refractivity (Wildman–Crippen MR) is 61.6 cm³/mol.